The lowest BCUT2D eigenvalue weighted by molar-refractivity contribution is 0.294. The Hall–Kier alpha value is -1.69. The van der Waals surface area contributed by atoms with Crippen molar-refractivity contribution in [3.63, 3.8) is 0 Å². The van der Waals surface area contributed by atoms with Gasteiger partial charge in [-0.05, 0) is 24.8 Å². The van der Waals surface area contributed by atoms with Crippen LogP contribution in [0.2, 0.25) is 0 Å². The van der Waals surface area contributed by atoms with Crippen LogP contribution in [0.5, 0.6) is 0 Å². The van der Waals surface area contributed by atoms with E-state index in [-0.39, 0.29) is 5.41 Å². The van der Waals surface area contributed by atoms with Gasteiger partial charge in [0.1, 0.15) is 6.33 Å². The number of nitrogens with one attached hydrogen (secondary N) is 1. The monoisotopic (exact) mass is 248 g/mol. The second kappa shape index (κ2) is 5.30. The van der Waals surface area contributed by atoms with Crippen LogP contribution < -0.4 is 11.1 Å². The molecule has 0 aliphatic carbocycles. The molecular formula is C12H20N6. The first kappa shape index (κ1) is 12.8. The first-order valence-corrected chi connectivity index (χ1v) is 6.33. The predicted molar refractivity (Wildman–Crippen MR) is 71.3 cm³/mol. The Balaban J connectivity index is 2.17. The van der Waals surface area contributed by atoms with E-state index in [0.717, 1.165) is 30.9 Å². The maximum absolute atomic E-state index is 5.89. The van der Waals surface area contributed by atoms with Gasteiger partial charge < -0.3 is 11.1 Å². The van der Waals surface area contributed by atoms with Crippen LogP contribution in [0, 0.1) is 5.41 Å². The molecule has 2 aromatic heterocycles. The molecule has 0 aliphatic heterocycles. The third kappa shape index (κ3) is 2.28. The van der Waals surface area contributed by atoms with Gasteiger partial charge in [-0.2, -0.15) is 0 Å². The van der Waals surface area contributed by atoms with Gasteiger partial charge in [0.05, 0.1) is 0 Å². The molecule has 0 aliphatic rings. The maximum atomic E-state index is 5.89. The molecule has 98 valence electrons. The number of hydrogen-bond donors (Lipinski definition) is 2. The fourth-order valence-electron chi connectivity index (χ4n) is 2.02. The Morgan fingerprint density at radius 3 is 2.83 bits per heavy atom. The van der Waals surface area contributed by atoms with Gasteiger partial charge in [-0.3, -0.25) is 4.40 Å². The van der Waals surface area contributed by atoms with Gasteiger partial charge in [-0.1, -0.05) is 13.8 Å². The fourth-order valence-corrected chi connectivity index (χ4v) is 2.02. The number of hydrogen-bond acceptors (Lipinski definition) is 5. The van der Waals surface area contributed by atoms with Crippen molar-refractivity contribution >= 4 is 11.5 Å². The van der Waals surface area contributed by atoms with Gasteiger partial charge in [0, 0.05) is 18.9 Å². The molecule has 6 nitrogen and oxygen atoms in total. The Morgan fingerprint density at radius 2 is 2.17 bits per heavy atom. The van der Waals surface area contributed by atoms with Gasteiger partial charge in [0.2, 0.25) is 5.65 Å². The van der Waals surface area contributed by atoms with Gasteiger partial charge in [0.15, 0.2) is 5.82 Å². The largest absolute Gasteiger partial charge is 0.366 e. The lowest BCUT2D eigenvalue weighted by Gasteiger charge is -2.30. The number of aromatic nitrogens is 4. The third-order valence-electron chi connectivity index (χ3n) is 3.78. The molecule has 0 atom stereocenters. The molecule has 0 bridgehead atoms. The van der Waals surface area contributed by atoms with Crippen LogP contribution in [0.25, 0.3) is 5.65 Å². The van der Waals surface area contributed by atoms with Crippen LogP contribution in [0.15, 0.2) is 18.7 Å². The third-order valence-corrected chi connectivity index (χ3v) is 3.78. The van der Waals surface area contributed by atoms with E-state index in [1.54, 1.807) is 12.5 Å². The van der Waals surface area contributed by atoms with Crippen LogP contribution in [0.1, 0.15) is 26.7 Å². The van der Waals surface area contributed by atoms with E-state index in [1.165, 1.54) is 0 Å². The molecule has 2 heterocycles. The first-order valence-electron chi connectivity index (χ1n) is 6.33. The highest BCUT2D eigenvalue weighted by Crippen LogP contribution is 2.25. The first-order chi connectivity index (χ1) is 8.74. The Kier molecular flexibility index (Phi) is 3.76. The highest BCUT2D eigenvalue weighted by Gasteiger charge is 2.24. The van der Waals surface area contributed by atoms with Gasteiger partial charge >= 0.3 is 0 Å². The van der Waals surface area contributed by atoms with E-state index in [9.17, 15) is 0 Å². The maximum Gasteiger partial charge on any atom is 0.203 e. The summed E-state index contributed by atoms with van der Waals surface area (Å²) < 4.78 is 1.84. The van der Waals surface area contributed by atoms with Crippen LogP contribution >= 0.6 is 0 Å². The summed E-state index contributed by atoms with van der Waals surface area (Å²) in [6.07, 6.45) is 7.32. The van der Waals surface area contributed by atoms with Crippen LogP contribution in [-0.2, 0) is 0 Å². The van der Waals surface area contributed by atoms with Crippen LogP contribution in [0.4, 0.5) is 5.82 Å². The molecule has 2 rings (SSSR count). The summed E-state index contributed by atoms with van der Waals surface area (Å²) in [6, 6.07) is 0. The van der Waals surface area contributed by atoms with Crippen molar-refractivity contribution in [1.82, 2.24) is 19.6 Å². The van der Waals surface area contributed by atoms with Gasteiger partial charge in [-0.25, -0.2) is 4.98 Å². The van der Waals surface area contributed by atoms with E-state index in [2.05, 4.69) is 34.3 Å². The fraction of sp³-hybridized carbons (Fsp3) is 0.583. The Morgan fingerprint density at radius 1 is 1.39 bits per heavy atom. The van der Waals surface area contributed by atoms with Crippen molar-refractivity contribution in [2.45, 2.75) is 26.7 Å². The normalized spacial score (nSPS) is 11.9. The Labute approximate surface area is 107 Å². The zero-order valence-electron chi connectivity index (χ0n) is 10.9. The molecule has 0 saturated heterocycles. The average molecular weight is 248 g/mol. The number of anilines is 1. The van der Waals surface area contributed by atoms with Crippen molar-refractivity contribution in [2.24, 2.45) is 11.1 Å². The molecule has 0 spiro atoms. The second-order valence-electron chi connectivity index (χ2n) is 4.60. The number of nitrogens with two attached hydrogens (primary N) is 1. The minimum absolute atomic E-state index is 0.120. The second-order valence-corrected chi connectivity index (χ2v) is 4.60. The molecular weight excluding hydrogens is 228 g/mol. The molecule has 0 saturated carbocycles. The molecule has 0 fully saturated rings. The summed E-state index contributed by atoms with van der Waals surface area (Å²) in [4.78, 5) is 4.31. The van der Waals surface area contributed by atoms with Crippen molar-refractivity contribution in [1.29, 1.82) is 0 Å². The number of nitrogens with zero attached hydrogens (tertiary/aromatic N) is 4. The van der Waals surface area contributed by atoms with Crippen molar-refractivity contribution in [3.8, 4) is 0 Å². The summed E-state index contributed by atoms with van der Waals surface area (Å²) in [7, 11) is 0. The highest BCUT2D eigenvalue weighted by molar-refractivity contribution is 5.61. The van der Waals surface area contributed by atoms with Crippen molar-refractivity contribution < 1.29 is 0 Å². The predicted octanol–water partition coefficient (Wildman–Crippen LogP) is 1.30. The summed E-state index contributed by atoms with van der Waals surface area (Å²) in [5.41, 5.74) is 6.76. The van der Waals surface area contributed by atoms with Crippen molar-refractivity contribution in [3.05, 3.63) is 18.7 Å². The zero-order valence-corrected chi connectivity index (χ0v) is 10.9. The lowest BCUT2D eigenvalue weighted by Crippen LogP contribution is -2.36. The molecule has 0 unspecified atom stereocenters. The van der Waals surface area contributed by atoms with Crippen molar-refractivity contribution in [2.75, 3.05) is 18.4 Å². The summed E-state index contributed by atoms with van der Waals surface area (Å²) in [6.45, 7) is 5.81. The molecule has 0 amide bonds. The number of rotatable bonds is 6. The summed E-state index contributed by atoms with van der Waals surface area (Å²) in [5, 5.41) is 11.3. The van der Waals surface area contributed by atoms with E-state index in [0.29, 0.717) is 6.54 Å². The van der Waals surface area contributed by atoms with E-state index >= 15 is 0 Å². The van der Waals surface area contributed by atoms with Crippen LogP contribution in [-0.4, -0.2) is 32.7 Å². The SMILES string of the molecule is CCC(CC)(CN)CNc1nccn2cnnc12. The van der Waals surface area contributed by atoms with Gasteiger partial charge in [-0.15, -0.1) is 10.2 Å². The summed E-state index contributed by atoms with van der Waals surface area (Å²) in [5.74, 6) is 0.759. The molecule has 0 aromatic carbocycles. The van der Waals surface area contributed by atoms with E-state index < -0.39 is 0 Å². The molecule has 0 radical (unpaired) electrons. The minimum Gasteiger partial charge on any atom is -0.366 e. The summed E-state index contributed by atoms with van der Waals surface area (Å²) >= 11 is 0. The van der Waals surface area contributed by atoms with E-state index in [1.807, 2.05) is 10.6 Å². The smallest absolute Gasteiger partial charge is 0.203 e. The van der Waals surface area contributed by atoms with Crippen LogP contribution in [0.3, 0.4) is 0 Å². The van der Waals surface area contributed by atoms with Gasteiger partial charge in [0.25, 0.3) is 0 Å². The average Bonchev–Trinajstić information content (AvgIpc) is 2.90. The Bertz CT molecular complexity index is 494. The molecule has 2 aromatic rings. The number of fused-ring (bicyclic) bond motifs is 1. The topological polar surface area (TPSA) is 81.1 Å². The quantitative estimate of drug-likeness (QED) is 0.805. The molecule has 3 N–H and O–H groups in total. The lowest BCUT2D eigenvalue weighted by atomic mass is 9.82. The highest BCUT2D eigenvalue weighted by atomic mass is 15.2. The molecule has 18 heavy (non-hydrogen) atoms. The molecule has 6 heteroatoms. The van der Waals surface area contributed by atoms with E-state index in [4.69, 9.17) is 5.73 Å². The standard InChI is InChI=1S/C12H20N6/c1-3-12(4-2,7-13)8-15-10-11-17-16-9-18(11)6-5-14-10/h5-6,9H,3-4,7-8,13H2,1-2H3,(H,14,15). The minimum atomic E-state index is 0.120. The zero-order chi connectivity index (χ0) is 13.0.